The molecule has 122 valence electrons. The minimum absolute atomic E-state index is 0. The Morgan fingerprint density at radius 3 is 2.86 bits per heavy atom. The van der Waals surface area contributed by atoms with Gasteiger partial charge >= 0.3 is 0 Å². The molecule has 3 rings (SSSR count). The van der Waals surface area contributed by atoms with Gasteiger partial charge in [-0.3, -0.25) is 9.58 Å². The second-order valence-electron chi connectivity index (χ2n) is 5.95. The maximum absolute atomic E-state index is 4.54. The lowest BCUT2D eigenvalue weighted by atomic mass is 10.1. The number of aryl methyl sites for hydroxylation is 1. The molecule has 0 spiro atoms. The average molecular weight is 325 g/mol. The molecule has 0 radical (unpaired) electrons. The third-order valence-electron chi connectivity index (χ3n) is 4.12. The van der Waals surface area contributed by atoms with E-state index in [-0.39, 0.29) is 12.4 Å². The van der Waals surface area contributed by atoms with Crippen LogP contribution in [0, 0.1) is 0 Å². The Morgan fingerprint density at radius 1 is 1.36 bits per heavy atom. The third kappa shape index (κ3) is 3.34. The zero-order valence-corrected chi connectivity index (χ0v) is 14.3. The highest BCUT2D eigenvalue weighted by Crippen LogP contribution is 2.23. The number of hydrogen-bond donors (Lipinski definition) is 1. The van der Waals surface area contributed by atoms with Crippen molar-refractivity contribution in [2.45, 2.75) is 32.5 Å². The first-order chi connectivity index (χ1) is 10.2. The van der Waals surface area contributed by atoms with Crippen molar-refractivity contribution in [3.8, 4) is 0 Å². The van der Waals surface area contributed by atoms with Crippen molar-refractivity contribution in [3.05, 3.63) is 36.2 Å². The summed E-state index contributed by atoms with van der Waals surface area (Å²) in [5.74, 6) is 1.12. The molecule has 1 saturated heterocycles. The Balaban J connectivity index is 0.00000176. The molecule has 22 heavy (non-hydrogen) atoms. The van der Waals surface area contributed by atoms with Gasteiger partial charge in [0.15, 0.2) is 0 Å². The van der Waals surface area contributed by atoms with Crippen molar-refractivity contribution in [1.82, 2.24) is 29.5 Å². The summed E-state index contributed by atoms with van der Waals surface area (Å²) >= 11 is 0. The lowest BCUT2D eigenvalue weighted by molar-refractivity contribution is 0.140. The quantitative estimate of drug-likeness (QED) is 0.931. The largest absolute Gasteiger partial charge is 0.337 e. The van der Waals surface area contributed by atoms with E-state index >= 15 is 0 Å². The molecule has 6 nitrogen and oxygen atoms in total. The summed E-state index contributed by atoms with van der Waals surface area (Å²) in [4.78, 5) is 7.03. The lowest BCUT2D eigenvalue weighted by Gasteiger charge is -2.35. The van der Waals surface area contributed by atoms with E-state index in [1.165, 1.54) is 5.69 Å². The predicted octanol–water partition coefficient (Wildman–Crippen LogP) is 1.77. The molecule has 1 atom stereocenters. The molecule has 1 aliphatic heterocycles. The van der Waals surface area contributed by atoms with Gasteiger partial charge in [0.05, 0.1) is 11.7 Å². The number of piperazine rings is 1. The smallest absolute Gasteiger partial charge is 0.127 e. The molecule has 0 amide bonds. The first-order valence-corrected chi connectivity index (χ1v) is 7.61. The van der Waals surface area contributed by atoms with Crippen molar-refractivity contribution in [2.24, 2.45) is 7.05 Å². The molecule has 3 heterocycles. The Labute approximate surface area is 137 Å². The van der Waals surface area contributed by atoms with E-state index < -0.39 is 0 Å². The number of nitrogens with one attached hydrogen (secondary N) is 1. The zero-order valence-electron chi connectivity index (χ0n) is 13.4. The van der Waals surface area contributed by atoms with Crippen LogP contribution in [0.4, 0.5) is 0 Å². The summed E-state index contributed by atoms with van der Waals surface area (Å²) in [7, 11) is 2.06. The van der Waals surface area contributed by atoms with Crippen molar-refractivity contribution in [1.29, 1.82) is 0 Å². The third-order valence-corrected chi connectivity index (χ3v) is 4.12. The van der Waals surface area contributed by atoms with E-state index in [0.717, 1.165) is 32.0 Å². The minimum Gasteiger partial charge on any atom is -0.337 e. The molecular weight excluding hydrogens is 300 g/mol. The van der Waals surface area contributed by atoms with Crippen molar-refractivity contribution < 1.29 is 0 Å². The number of rotatable bonds is 4. The Kier molecular flexibility index (Phi) is 5.61. The molecule has 2 aromatic heterocycles. The first kappa shape index (κ1) is 17.0. The molecule has 0 aliphatic carbocycles. The van der Waals surface area contributed by atoms with E-state index in [1.807, 2.05) is 18.6 Å². The number of halogens is 1. The summed E-state index contributed by atoms with van der Waals surface area (Å²) in [6, 6.07) is 2.83. The fourth-order valence-electron chi connectivity index (χ4n) is 3.03. The fraction of sp³-hybridized carbons (Fsp3) is 0.600. The average Bonchev–Trinajstić information content (AvgIpc) is 3.08. The van der Waals surface area contributed by atoms with Gasteiger partial charge in [-0.25, -0.2) is 4.98 Å². The molecule has 1 unspecified atom stereocenters. The Morgan fingerprint density at radius 2 is 2.18 bits per heavy atom. The van der Waals surface area contributed by atoms with Crippen LogP contribution in [0.25, 0.3) is 0 Å². The van der Waals surface area contributed by atoms with Gasteiger partial charge < -0.3 is 9.88 Å². The number of aromatic nitrogens is 4. The summed E-state index contributed by atoms with van der Waals surface area (Å²) in [5, 5.41) is 7.92. The Hall–Kier alpha value is -1.37. The molecule has 0 aromatic carbocycles. The number of hydrogen-bond acceptors (Lipinski definition) is 4. The molecule has 7 heteroatoms. The van der Waals surface area contributed by atoms with Gasteiger partial charge in [-0.1, -0.05) is 0 Å². The van der Waals surface area contributed by atoms with Crippen LogP contribution in [0.5, 0.6) is 0 Å². The molecule has 2 aromatic rings. The van der Waals surface area contributed by atoms with Crippen molar-refractivity contribution in [3.63, 3.8) is 0 Å². The maximum Gasteiger partial charge on any atom is 0.127 e. The maximum atomic E-state index is 4.54. The van der Waals surface area contributed by atoms with Crippen molar-refractivity contribution >= 4 is 12.4 Å². The zero-order chi connectivity index (χ0) is 14.8. The molecule has 1 N–H and O–H groups in total. The fourth-order valence-corrected chi connectivity index (χ4v) is 3.03. The van der Waals surface area contributed by atoms with Gasteiger partial charge in [0.2, 0.25) is 0 Å². The minimum atomic E-state index is 0. The van der Waals surface area contributed by atoms with Gasteiger partial charge in [-0.15, -0.1) is 12.4 Å². The van der Waals surface area contributed by atoms with Gasteiger partial charge in [-0.05, 0) is 19.9 Å². The van der Waals surface area contributed by atoms with E-state index in [4.69, 9.17) is 0 Å². The highest BCUT2D eigenvalue weighted by atomic mass is 35.5. The van der Waals surface area contributed by atoms with Gasteiger partial charge in [0, 0.05) is 57.9 Å². The second-order valence-corrected chi connectivity index (χ2v) is 5.95. The van der Waals surface area contributed by atoms with Gasteiger partial charge in [-0.2, -0.15) is 5.10 Å². The van der Waals surface area contributed by atoms with Crippen LogP contribution < -0.4 is 5.32 Å². The summed E-state index contributed by atoms with van der Waals surface area (Å²) < 4.78 is 4.22. The monoisotopic (exact) mass is 324 g/mol. The van der Waals surface area contributed by atoms with Crippen LogP contribution >= 0.6 is 12.4 Å². The molecule has 0 bridgehead atoms. The van der Waals surface area contributed by atoms with E-state index in [1.54, 1.807) is 0 Å². The summed E-state index contributed by atoms with van der Waals surface area (Å²) in [5.41, 5.74) is 1.27. The van der Waals surface area contributed by atoms with Crippen LogP contribution in [0.1, 0.15) is 37.4 Å². The molecule has 0 saturated carbocycles. The Bertz CT molecular complexity index is 590. The van der Waals surface area contributed by atoms with E-state index in [2.05, 4.69) is 56.5 Å². The van der Waals surface area contributed by atoms with Crippen LogP contribution in [0.3, 0.4) is 0 Å². The van der Waals surface area contributed by atoms with Gasteiger partial charge in [0.25, 0.3) is 0 Å². The standard InChI is InChI=1S/C15H24N6.ClH/c1-12(2)21-13(4-5-18-21)11-20-9-6-16-10-14(20)15-17-7-8-19(15)3;/h4-5,7-8,12,14,16H,6,9-11H2,1-3H3;1H. The first-order valence-electron chi connectivity index (χ1n) is 7.61. The van der Waals surface area contributed by atoms with E-state index in [9.17, 15) is 0 Å². The lowest BCUT2D eigenvalue weighted by Crippen LogP contribution is -2.46. The second kappa shape index (κ2) is 7.26. The highest BCUT2D eigenvalue weighted by molar-refractivity contribution is 5.85. The normalized spacial score (nSPS) is 19.4. The van der Waals surface area contributed by atoms with E-state index in [0.29, 0.717) is 12.1 Å². The van der Waals surface area contributed by atoms with Crippen LogP contribution in [-0.2, 0) is 13.6 Å². The van der Waals surface area contributed by atoms with Crippen LogP contribution in [0.2, 0.25) is 0 Å². The number of imidazole rings is 1. The molecule has 1 aliphatic rings. The molecule has 1 fully saturated rings. The van der Waals surface area contributed by atoms with Crippen LogP contribution in [0.15, 0.2) is 24.7 Å². The molecular formula is C15H25ClN6. The van der Waals surface area contributed by atoms with Gasteiger partial charge in [0.1, 0.15) is 5.82 Å². The topological polar surface area (TPSA) is 50.9 Å². The summed E-state index contributed by atoms with van der Waals surface area (Å²) in [6.45, 7) is 8.25. The SMILES string of the molecule is CC(C)n1nccc1CN1CCNCC1c1nccn1C.Cl. The van der Waals surface area contributed by atoms with Crippen LogP contribution in [-0.4, -0.2) is 43.9 Å². The van der Waals surface area contributed by atoms with Crippen molar-refractivity contribution in [2.75, 3.05) is 19.6 Å². The summed E-state index contributed by atoms with van der Waals surface area (Å²) in [6.07, 6.45) is 5.79. The highest BCUT2D eigenvalue weighted by Gasteiger charge is 2.27. The number of nitrogens with zero attached hydrogens (tertiary/aromatic N) is 5. The predicted molar refractivity (Wildman–Crippen MR) is 89.1 cm³/mol.